The van der Waals surface area contributed by atoms with Gasteiger partial charge in [-0.3, -0.25) is 9.18 Å². The number of hydrogen-bond acceptors (Lipinski definition) is 2. The molecule has 2 nitrogen and oxygen atoms in total. The number of ether oxygens (including phenoxy) is 1. The molecule has 0 saturated heterocycles. The topological polar surface area (TPSA) is 26.3 Å². The molecule has 0 aliphatic heterocycles. The van der Waals surface area contributed by atoms with Crippen LogP contribution in [-0.4, -0.2) is 18.7 Å². The highest BCUT2D eigenvalue weighted by molar-refractivity contribution is 5.76. The zero-order chi connectivity index (χ0) is 18.1. The molecule has 1 fully saturated rings. The van der Waals surface area contributed by atoms with Gasteiger partial charge in [0.2, 0.25) is 0 Å². The molecular weight excluding hydrogens is 291 g/mol. The molecule has 23 heavy (non-hydrogen) atoms. The summed E-state index contributed by atoms with van der Waals surface area (Å²) in [5, 5.41) is 0. The van der Waals surface area contributed by atoms with Crippen LogP contribution in [0.4, 0.5) is 4.39 Å². The number of alkyl halides is 1. The SMILES string of the molecule is CCC(CC)(OC(=O)C(C)(C)CC(C)C)C1CCCCC1.CF. The highest BCUT2D eigenvalue weighted by Gasteiger charge is 2.43. The van der Waals surface area contributed by atoms with Crippen LogP contribution in [0.5, 0.6) is 0 Å². The summed E-state index contributed by atoms with van der Waals surface area (Å²) in [5.74, 6) is 1.07. The Hall–Kier alpha value is -0.600. The minimum Gasteiger partial charge on any atom is -0.458 e. The van der Waals surface area contributed by atoms with Crippen molar-refractivity contribution in [3.63, 3.8) is 0 Å². The van der Waals surface area contributed by atoms with Crippen molar-refractivity contribution >= 4 is 5.97 Å². The molecule has 0 bridgehead atoms. The molecule has 0 amide bonds. The number of halogens is 1. The number of hydrogen-bond donors (Lipinski definition) is 0. The fraction of sp³-hybridized carbons (Fsp3) is 0.950. The lowest BCUT2D eigenvalue weighted by atomic mass is 9.73. The Bertz CT molecular complexity index is 327. The van der Waals surface area contributed by atoms with E-state index in [1.165, 1.54) is 32.1 Å². The Balaban J connectivity index is 0.00000232. The maximum atomic E-state index is 12.8. The standard InChI is InChI=1S/C19H36O2.CH3F/c1-7-19(8-2,16-12-10-9-11-13-16)21-17(20)18(5,6)14-15(3)4;1-2/h15-16H,7-14H2,1-6H3;1H3. The van der Waals surface area contributed by atoms with Gasteiger partial charge in [-0.05, 0) is 57.8 Å². The number of rotatable bonds is 7. The molecule has 0 spiro atoms. The van der Waals surface area contributed by atoms with Gasteiger partial charge in [0, 0.05) is 0 Å². The van der Waals surface area contributed by atoms with Crippen molar-refractivity contribution in [2.24, 2.45) is 17.3 Å². The van der Waals surface area contributed by atoms with Gasteiger partial charge < -0.3 is 4.74 Å². The lowest BCUT2D eigenvalue weighted by Gasteiger charge is -2.43. The third-order valence-corrected chi connectivity index (χ3v) is 5.31. The molecule has 0 unspecified atom stereocenters. The van der Waals surface area contributed by atoms with E-state index in [-0.39, 0.29) is 17.0 Å². The van der Waals surface area contributed by atoms with Gasteiger partial charge in [0.15, 0.2) is 0 Å². The first-order valence-electron chi connectivity index (χ1n) is 9.38. The summed E-state index contributed by atoms with van der Waals surface area (Å²) in [4.78, 5) is 12.8. The quantitative estimate of drug-likeness (QED) is 0.510. The molecular formula is C20H39FO2. The fourth-order valence-electron chi connectivity index (χ4n) is 4.11. The van der Waals surface area contributed by atoms with Gasteiger partial charge in [0.25, 0.3) is 0 Å². The van der Waals surface area contributed by atoms with Gasteiger partial charge >= 0.3 is 5.97 Å². The monoisotopic (exact) mass is 330 g/mol. The highest BCUT2D eigenvalue weighted by atomic mass is 19.1. The summed E-state index contributed by atoms with van der Waals surface area (Å²) >= 11 is 0. The van der Waals surface area contributed by atoms with Crippen LogP contribution in [0.15, 0.2) is 0 Å². The Morgan fingerprint density at radius 3 is 1.96 bits per heavy atom. The summed E-state index contributed by atoms with van der Waals surface area (Å²) in [6, 6.07) is 0. The second-order valence-corrected chi connectivity index (χ2v) is 7.98. The molecule has 0 aromatic heterocycles. The molecule has 0 heterocycles. The minimum atomic E-state index is -0.377. The third kappa shape index (κ3) is 6.43. The van der Waals surface area contributed by atoms with Crippen molar-refractivity contribution in [1.82, 2.24) is 0 Å². The Labute approximate surface area is 143 Å². The van der Waals surface area contributed by atoms with Gasteiger partial charge in [-0.25, -0.2) is 0 Å². The molecule has 0 radical (unpaired) electrons. The van der Waals surface area contributed by atoms with Crippen LogP contribution >= 0.6 is 0 Å². The first kappa shape index (κ1) is 22.4. The Kier molecular flexibility index (Phi) is 10.0. The Morgan fingerprint density at radius 1 is 1.09 bits per heavy atom. The first-order chi connectivity index (χ1) is 10.8. The molecule has 1 aliphatic carbocycles. The number of carbonyl (C=O) groups excluding carboxylic acids is 1. The number of esters is 1. The summed E-state index contributed by atoms with van der Waals surface area (Å²) in [6.07, 6.45) is 9.14. The lowest BCUT2D eigenvalue weighted by molar-refractivity contribution is -0.181. The van der Waals surface area contributed by atoms with Crippen molar-refractivity contribution in [3.05, 3.63) is 0 Å². The van der Waals surface area contributed by atoms with Crippen molar-refractivity contribution in [2.45, 2.75) is 98.5 Å². The van der Waals surface area contributed by atoms with E-state index in [9.17, 15) is 9.18 Å². The lowest BCUT2D eigenvalue weighted by Crippen LogP contribution is -2.45. The summed E-state index contributed by atoms with van der Waals surface area (Å²) in [5.41, 5.74) is -0.607. The van der Waals surface area contributed by atoms with Crippen LogP contribution in [0.1, 0.15) is 92.9 Å². The van der Waals surface area contributed by atoms with Gasteiger partial charge in [0.1, 0.15) is 5.60 Å². The Morgan fingerprint density at radius 2 is 1.57 bits per heavy atom. The molecule has 0 aromatic rings. The van der Waals surface area contributed by atoms with Gasteiger partial charge in [0.05, 0.1) is 12.6 Å². The smallest absolute Gasteiger partial charge is 0.312 e. The van der Waals surface area contributed by atoms with Crippen LogP contribution in [0.25, 0.3) is 0 Å². The predicted octanol–water partition coefficient (Wildman–Crippen LogP) is 6.33. The second kappa shape index (κ2) is 10.3. The summed E-state index contributed by atoms with van der Waals surface area (Å²) in [6.45, 7) is 12.8. The molecule has 1 rings (SSSR count). The molecule has 3 heteroatoms. The maximum Gasteiger partial charge on any atom is 0.312 e. The van der Waals surface area contributed by atoms with Crippen LogP contribution < -0.4 is 0 Å². The minimum absolute atomic E-state index is 0.00507. The fourth-order valence-corrected chi connectivity index (χ4v) is 4.11. The largest absolute Gasteiger partial charge is 0.458 e. The molecule has 1 aliphatic rings. The average Bonchev–Trinajstić information content (AvgIpc) is 2.54. The maximum absolute atomic E-state index is 12.8. The summed E-state index contributed by atoms with van der Waals surface area (Å²) < 4.78 is 15.7. The second-order valence-electron chi connectivity index (χ2n) is 7.98. The normalized spacial score (nSPS) is 16.7. The zero-order valence-electron chi connectivity index (χ0n) is 16.5. The molecule has 0 N–H and O–H groups in total. The van der Waals surface area contributed by atoms with E-state index in [2.05, 4.69) is 27.7 Å². The van der Waals surface area contributed by atoms with E-state index in [4.69, 9.17) is 4.74 Å². The average molecular weight is 331 g/mol. The van der Waals surface area contributed by atoms with E-state index in [0.29, 0.717) is 19.0 Å². The van der Waals surface area contributed by atoms with Gasteiger partial charge in [-0.2, -0.15) is 0 Å². The van der Waals surface area contributed by atoms with Gasteiger partial charge in [-0.15, -0.1) is 0 Å². The van der Waals surface area contributed by atoms with E-state index in [1.54, 1.807) is 0 Å². The molecule has 138 valence electrons. The van der Waals surface area contributed by atoms with Gasteiger partial charge in [-0.1, -0.05) is 47.0 Å². The van der Waals surface area contributed by atoms with Crippen molar-refractivity contribution in [2.75, 3.05) is 7.18 Å². The van der Waals surface area contributed by atoms with Crippen molar-refractivity contribution < 1.29 is 13.9 Å². The molecule has 1 saturated carbocycles. The van der Waals surface area contributed by atoms with E-state index in [1.807, 2.05) is 13.8 Å². The third-order valence-electron chi connectivity index (χ3n) is 5.31. The molecule has 0 aromatic carbocycles. The van der Waals surface area contributed by atoms with Crippen LogP contribution in [0.2, 0.25) is 0 Å². The van der Waals surface area contributed by atoms with E-state index >= 15 is 0 Å². The van der Waals surface area contributed by atoms with E-state index in [0.717, 1.165) is 19.3 Å². The zero-order valence-corrected chi connectivity index (χ0v) is 16.5. The summed E-state index contributed by atoms with van der Waals surface area (Å²) in [7, 11) is 0.500. The van der Waals surface area contributed by atoms with Crippen molar-refractivity contribution in [1.29, 1.82) is 0 Å². The van der Waals surface area contributed by atoms with Crippen molar-refractivity contribution in [3.8, 4) is 0 Å². The number of carbonyl (C=O) groups is 1. The van der Waals surface area contributed by atoms with Crippen LogP contribution in [0.3, 0.4) is 0 Å². The first-order valence-corrected chi connectivity index (χ1v) is 9.38. The van der Waals surface area contributed by atoms with E-state index < -0.39 is 0 Å². The van der Waals surface area contributed by atoms with Crippen LogP contribution in [-0.2, 0) is 9.53 Å². The molecule has 0 atom stereocenters. The van der Waals surface area contributed by atoms with Crippen LogP contribution in [0, 0.1) is 17.3 Å². The predicted molar refractivity (Wildman–Crippen MR) is 96.2 cm³/mol. The highest BCUT2D eigenvalue weighted by Crippen LogP contribution is 2.41.